The van der Waals surface area contributed by atoms with Gasteiger partial charge in [-0.1, -0.05) is 37.8 Å². The van der Waals surface area contributed by atoms with Crippen molar-refractivity contribution in [2.45, 2.75) is 34.1 Å². The summed E-state index contributed by atoms with van der Waals surface area (Å²) >= 11 is 0. The minimum Gasteiger partial charge on any atom is -0.308 e. The third-order valence-corrected chi connectivity index (χ3v) is 4.59. The normalized spacial score (nSPS) is 11.8. The van der Waals surface area contributed by atoms with Gasteiger partial charge >= 0.3 is 0 Å². The van der Waals surface area contributed by atoms with E-state index in [4.69, 9.17) is 5.41 Å². The number of hydrogen-bond acceptors (Lipinski definition) is 2. The second-order valence-corrected chi connectivity index (χ2v) is 6.23. The molecule has 0 spiro atoms. The van der Waals surface area contributed by atoms with Gasteiger partial charge in [-0.3, -0.25) is 4.99 Å². The van der Waals surface area contributed by atoms with E-state index < -0.39 is 0 Å². The van der Waals surface area contributed by atoms with E-state index in [2.05, 4.69) is 11.6 Å². The fourth-order valence-electron chi connectivity index (χ4n) is 3.04. The zero-order valence-corrected chi connectivity index (χ0v) is 15.9. The highest BCUT2D eigenvalue weighted by Crippen LogP contribution is 2.32. The van der Waals surface area contributed by atoms with Gasteiger partial charge in [0, 0.05) is 12.4 Å². The van der Waals surface area contributed by atoms with Crippen LogP contribution in [0.5, 0.6) is 0 Å². The number of aryl methyl sites for hydroxylation is 1. The molecule has 0 aliphatic rings. The Kier molecular flexibility index (Phi) is 6.40. The van der Waals surface area contributed by atoms with E-state index in [1.165, 1.54) is 6.21 Å². The molecule has 0 saturated carbocycles. The summed E-state index contributed by atoms with van der Waals surface area (Å²) in [7, 11) is 0. The highest BCUT2D eigenvalue weighted by molar-refractivity contribution is 5.97. The molecule has 2 rings (SSSR count). The summed E-state index contributed by atoms with van der Waals surface area (Å²) in [6.07, 6.45) is 5.44. The van der Waals surface area contributed by atoms with Gasteiger partial charge in [0.15, 0.2) is 0 Å². The Bertz CT molecular complexity index is 881. The van der Waals surface area contributed by atoms with Crippen molar-refractivity contribution in [2.75, 3.05) is 0 Å². The SMILES string of the molecule is C=C(/C=N\c1cccc(-c2cc(C)c(CC)c(F)c2)c1C)/C(C=N)=C/C. The smallest absolute Gasteiger partial charge is 0.127 e. The minimum absolute atomic E-state index is 0.159. The first-order valence-corrected chi connectivity index (χ1v) is 8.72. The molecule has 1 N–H and O–H groups in total. The molecule has 0 atom stereocenters. The van der Waals surface area contributed by atoms with Crippen LogP contribution in [0.25, 0.3) is 11.1 Å². The number of rotatable bonds is 6. The van der Waals surface area contributed by atoms with E-state index >= 15 is 0 Å². The Labute approximate surface area is 155 Å². The van der Waals surface area contributed by atoms with E-state index in [9.17, 15) is 4.39 Å². The van der Waals surface area contributed by atoms with Gasteiger partial charge in [0.05, 0.1) is 5.69 Å². The van der Waals surface area contributed by atoms with Gasteiger partial charge in [0.25, 0.3) is 0 Å². The van der Waals surface area contributed by atoms with E-state index in [-0.39, 0.29) is 5.82 Å². The first-order chi connectivity index (χ1) is 12.4. The third kappa shape index (κ3) is 4.05. The molecule has 134 valence electrons. The van der Waals surface area contributed by atoms with Crippen molar-refractivity contribution in [2.24, 2.45) is 4.99 Å². The number of nitrogens with zero attached hydrogens (tertiary/aromatic N) is 1. The Morgan fingerprint density at radius 2 is 2.00 bits per heavy atom. The number of allylic oxidation sites excluding steroid dienone is 3. The van der Waals surface area contributed by atoms with E-state index in [0.29, 0.717) is 12.0 Å². The summed E-state index contributed by atoms with van der Waals surface area (Å²) in [5, 5.41) is 7.38. The predicted molar refractivity (Wildman–Crippen MR) is 111 cm³/mol. The number of halogens is 1. The summed E-state index contributed by atoms with van der Waals surface area (Å²) in [4.78, 5) is 4.52. The number of benzene rings is 2. The Morgan fingerprint density at radius 3 is 2.58 bits per heavy atom. The maximum Gasteiger partial charge on any atom is 0.127 e. The first kappa shape index (κ1) is 19.5. The molecule has 26 heavy (non-hydrogen) atoms. The summed E-state index contributed by atoms with van der Waals surface area (Å²) in [5.41, 5.74) is 6.76. The quantitative estimate of drug-likeness (QED) is 0.455. The van der Waals surface area contributed by atoms with Crippen molar-refractivity contribution in [1.29, 1.82) is 5.41 Å². The van der Waals surface area contributed by atoms with Crippen LogP contribution in [0.3, 0.4) is 0 Å². The van der Waals surface area contributed by atoms with Gasteiger partial charge in [-0.15, -0.1) is 0 Å². The van der Waals surface area contributed by atoms with Gasteiger partial charge in [-0.25, -0.2) is 4.39 Å². The van der Waals surface area contributed by atoms with Crippen LogP contribution in [0.1, 0.15) is 30.5 Å². The van der Waals surface area contributed by atoms with Crippen molar-refractivity contribution in [3.63, 3.8) is 0 Å². The van der Waals surface area contributed by atoms with Crippen LogP contribution in [0, 0.1) is 25.1 Å². The molecule has 2 aromatic rings. The molecule has 0 radical (unpaired) electrons. The summed E-state index contributed by atoms with van der Waals surface area (Å²) in [5.74, 6) is -0.159. The van der Waals surface area contributed by atoms with Crippen LogP contribution in [0.15, 0.2) is 59.1 Å². The molecule has 0 amide bonds. The maximum absolute atomic E-state index is 14.4. The molecule has 2 nitrogen and oxygen atoms in total. The molecule has 0 aliphatic carbocycles. The maximum atomic E-state index is 14.4. The fraction of sp³-hybridized carbons (Fsp3) is 0.217. The van der Waals surface area contributed by atoms with Crippen LogP contribution >= 0.6 is 0 Å². The van der Waals surface area contributed by atoms with Crippen LogP contribution in [-0.4, -0.2) is 12.4 Å². The zero-order chi connectivity index (χ0) is 19.3. The Morgan fingerprint density at radius 1 is 1.27 bits per heavy atom. The Balaban J connectivity index is 2.45. The van der Waals surface area contributed by atoms with Crippen LogP contribution in [0.2, 0.25) is 0 Å². The molecule has 0 aromatic heterocycles. The van der Waals surface area contributed by atoms with Gasteiger partial charge in [0.2, 0.25) is 0 Å². The average Bonchev–Trinajstić information content (AvgIpc) is 2.61. The standard InChI is InChI=1S/C23H25FN2/c1-6-18(13-25)16(4)14-26-23-10-8-9-21(17(23)5)19-11-15(3)20(7-2)22(24)12-19/h6,8-14,25H,4,7H2,1-3,5H3/b18-6+,25-13?,26-14-. The summed E-state index contributed by atoms with van der Waals surface area (Å²) in [6, 6.07) is 9.47. The molecule has 2 aromatic carbocycles. The second kappa shape index (κ2) is 8.52. The monoisotopic (exact) mass is 348 g/mol. The van der Waals surface area contributed by atoms with E-state index in [1.54, 1.807) is 12.3 Å². The van der Waals surface area contributed by atoms with Gasteiger partial charge in [0.1, 0.15) is 5.82 Å². The summed E-state index contributed by atoms with van der Waals surface area (Å²) < 4.78 is 14.4. The lowest BCUT2D eigenvalue weighted by atomic mass is 9.95. The lowest BCUT2D eigenvalue weighted by molar-refractivity contribution is 0.611. The molecule has 0 heterocycles. The van der Waals surface area contributed by atoms with Gasteiger partial charge in [-0.05, 0) is 78.3 Å². The highest BCUT2D eigenvalue weighted by atomic mass is 19.1. The molecule has 0 aliphatic heterocycles. The van der Waals surface area contributed by atoms with Crippen LogP contribution in [-0.2, 0) is 6.42 Å². The third-order valence-electron chi connectivity index (χ3n) is 4.59. The largest absolute Gasteiger partial charge is 0.308 e. The number of hydrogen-bond donors (Lipinski definition) is 1. The topological polar surface area (TPSA) is 36.2 Å². The van der Waals surface area contributed by atoms with E-state index in [1.807, 2.05) is 58.0 Å². The fourth-order valence-corrected chi connectivity index (χ4v) is 3.04. The molecular weight excluding hydrogens is 323 g/mol. The lowest BCUT2D eigenvalue weighted by Crippen LogP contribution is -1.95. The molecule has 3 heteroatoms. The van der Waals surface area contributed by atoms with Crippen molar-refractivity contribution in [1.82, 2.24) is 0 Å². The Hall–Kier alpha value is -2.81. The molecule has 0 fully saturated rings. The lowest BCUT2D eigenvalue weighted by Gasteiger charge is -2.12. The molecular formula is C23H25FN2. The van der Waals surface area contributed by atoms with Crippen molar-refractivity contribution in [3.05, 3.63) is 76.6 Å². The van der Waals surface area contributed by atoms with Crippen LogP contribution in [0.4, 0.5) is 10.1 Å². The first-order valence-electron chi connectivity index (χ1n) is 8.72. The average molecular weight is 348 g/mol. The van der Waals surface area contributed by atoms with Crippen LogP contribution < -0.4 is 0 Å². The number of aliphatic imine (C=N–C) groups is 1. The number of nitrogens with one attached hydrogen (secondary N) is 1. The van der Waals surface area contributed by atoms with Gasteiger partial charge in [-0.2, -0.15) is 0 Å². The summed E-state index contributed by atoms with van der Waals surface area (Å²) in [6.45, 7) is 11.7. The highest BCUT2D eigenvalue weighted by Gasteiger charge is 2.11. The van der Waals surface area contributed by atoms with Crippen molar-refractivity contribution < 1.29 is 4.39 Å². The molecule has 0 bridgehead atoms. The molecule has 0 saturated heterocycles. The van der Waals surface area contributed by atoms with Crippen molar-refractivity contribution in [3.8, 4) is 11.1 Å². The minimum atomic E-state index is -0.159. The predicted octanol–water partition coefficient (Wildman–Crippen LogP) is 6.53. The second-order valence-electron chi connectivity index (χ2n) is 6.23. The van der Waals surface area contributed by atoms with Gasteiger partial charge < -0.3 is 5.41 Å². The molecule has 0 unspecified atom stereocenters. The zero-order valence-electron chi connectivity index (χ0n) is 15.9. The van der Waals surface area contributed by atoms with Crippen molar-refractivity contribution >= 4 is 18.1 Å². The van der Waals surface area contributed by atoms with E-state index in [0.717, 1.165) is 39.1 Å².